The molecule has 20 heavy (non-hydrogen) atoms. The number of carbonyl (C=O) groups is 1. The molecule has 4 N–H and O–H groups in total. The van der Waals surface area contributed by atoms with Gasteiger partial charge in [0.15, 0.2) is 0 Å². The number of amides is 1. The normalized spacial score (nSPS) is 17.9. The lowest BCUT2D eigenvalue weighted by molar-refractivity contribution is 0.0521. The van der Waals surface area contributed by atoms with E-state index in [0.29, 0.717) is 19.0 Å². The lowest BCUT2D eigenvalue weighted by atomic mass is 9.91. The van der Waals surface area contributed by atoms with E-state index in [1.807, 2.05) is 36.9 Å². The number of nitrogen functional groups attached to an aromatic ring is 1. The SMILES string of the molecule is Cc1cc(NN)ccc1C(=O)N1CCC(C(C)O)CC1. The van der Waals surface area contributed by atoms with Gasteiger partial charge in [0, 0.05) is 24.3 Å². The number of nitrogens with two attached hydrogens (primary N) is 1. The van der Waals surface area contributed by atoms with Gasteiger partial charge in [-0.25, -0.2) is 0 Å². The molecule has 1 atom stereocenters. The second-order valence-electron chi connectivity index (χ2n) is 5.54. The Hall–Kier alpha value is -1.59. The Morgan fingerprint density at radius 3 is 2.60 bits per heavy atom. The van der Waals surface area contributed by atoms with E-state index in [4.69, 9.17) is 5.84 Å². The van der Waals surface area contributed by atoms with Crippen molar-refractivity contribution in [3.8, 4) is 0 Å². The zero-order valence-corrected chi connectivity index (χ0v) is 12.1. The average molecular weight is 277 g/mol. The molecule has 1 aromatic rings. The first-order valence-corrected chi connectivity index (χ1v) is 7.07. The Kier molecular flexibility index (Phi) is 4.62. The number of carbonyl (C=O) groups excluding carboxylic acids is 1. The molecule has 1 aliphatic heterocycles. The van der Waals surface area contributed by atoms with Crippen molar-refractivity contribution in [2.45, 2.75) is 32.8 Å². The first-order valence-electron chi connectivity index (χ1n) is 7.07. The second kappa shape index (κ2) is 6.24. The van der Waals surface area contributed by atoms with Crippen LogP contribution in [0.1, 0.15) is 35.7 Å². The van der Waals surface area contributed by atoms with Crippen LogP contribution in [0.25, 0.3) is 0 Å². The molecule has 2 rings (SSSR count). The fraction of sp³-hybridized carbons (Fsp3) is 0.533. The molecule has 5 heteroatoms. The summed E-state index contributed by atoms with van der Waals surface area (Å²) in [6.07, 6.45) is 1.44. The van der Waals surface area contributed by atoms with Crippen LogP contribution in [-0.4, -0.2) is 35.1 Å². The third-order valence-corrected chi connectivity index (χ3v) is 4.13. The van der Waals surface area contributed by atoms with Crippen molar-refractivity contribution >= 4 is 11.6 Å². The molecule has 1 aliphatic rings. The maximum atomic E-state index is 12.5. The molecule has 1 fully saturated rings. The number of hydrogen-bond acceptors (Lipinski definition) is 4. The Morgan fingerprint density at radius 2 is 2.10 bits per heavy atom. The number of aryl methyl sites for hydroxylation is 1. The number of nitrogens with zero attached hydrogens (tertiary/aromatic N) is 1. The summed E-state index contributed by atoms with van der Waals surface area (Å²) in [4.78, 5) is 14.4. The maximum Gasteiger partial charge on any atom is 0.254 e. The monoisotopic (exact) mass is 277 g/mol. The molecule has 1 aromatic carbocycles. The first-order chi connectivity index (χ1) is 9.52. The Bertz CT molecular complexity index is 480. The molecule has 0 bridgehead atoms. The summed E-state index contributed by atoms with van der Waals surface area (Å²) < 4.78 is 0. The van der Waals surface area contributed by atoms with Crippen molar-refractivity contribution < 1.29 is 9.90 Å². The van der Waals surface area contributed by atoms with Crippen LogP contribution in [0.3, 0.4) is 0 Å². The molecule has 0 spiro atoms. The number of rotatable bonds is 3. The van der Waals surface area contributed by atoms with E-state index >= 15 is 0 Å². The van der Waals surface area contributed by atoms with Crippen LogP contribution in [0.5, 0.6) is 0 Å². The fourth-order valence-electron chi connectivity index (χ4n) is 2.75. The summed E-state index contributed by atoms with van der Waals surface area (Å²) in [7, 11) is 0. The summed E-state index contributed by atoms with van der Waals surface area (Å²) in [5, 5.41) is 9.60. The number of piperidine rings is 1. The molecule has 0 radical (unpaired) electrons. The van der Waals surface area contributed by atoms with Crippen LogP contribution in [0.15, 0.2) is 18.2 Å². The highest BCUT2D eigenvalue weighted by Crippen LogP contribution is 2.23. The van der Waals surface area contributed by atoms with Gasteiger partial charge < -0.3 is 15.4 Å². The van der Waals surface area contributed by atoms with Gasteiger partial charge in [0.05, 0.1) is 6.10 Å². The highest BCUT2D eigenvalue weighted by Gasteiger charge is 2.26. The van der Waals surface area contributed by atoms with Crippen LogP contribution in [0, 0.1) is 12.8 Å². The molecular formula is C15H23N3O2. The number of benzene rings is 1. The van der Waals surface area contributed by atoms with Gasteiger partial charge in [-0.15, -0.1) is 0 Å². The molecule has 1 heterocycles. The zero-order valence-electron chi connectivity index (χ0n) is 12.1. The quantitative estimate of drug-likeness (QED) is 0.578. The van der Waals surface area contributed by atoms with Crippen LogP contribution in [0.2, 0.25) is 0 Å². The van der Waals surface area contributed by atoms with Crippen molar-refractivity contribution in [1.29, 1.82) is 0 Å². The number of likely N-dealkylation sites (tertiary alicyclic amines) is 1. The zero-order chi connectivity index (χ0) is 14.7. The van der Waals surface area contributed by atoms with E-state index in [0.717, 1.165) is 29.7 Å². The van der Waals surface area contributed by atoms with E-state index < -0.39 is 0 Å². The molecule has 0 saturated carbocycles. The Balaban J connectivity index is 2.05. The van der Waals surface area contributed by atoms with Crippen molar-refractivity contribution in [2.24, 2.45) is 11.8 Å². The minimum Gasteiger partial charge on any atom is -0.393 e. The maximum absolute atomic E-state index is 12.5. The van der Waals surface area contributed by atoms with E-state index in [1.165, 1.54) is 0 Å². The summed E-state index contributed by atoms with van der Waals surface area (Å²) in [6, 6.07) is 5.49. The van der Waals surface area contributed by atoms with Crippen LogP contribution >= 0.6 is 0 Å². The molecule has 5 nitrogen and oxygen atoms in total. The van der Waals surface area contributed by atoms with E-state index in [9.17, 15) is 9.90 Å². The molecule has 0 aliphatic carbocycles. The van der Waals surface area contributed by atoms with Gasteiger partial charge in [-0.05, 0) is 56.4 Å². The number of hydrogen-bond donors (Lipinski definition) is 3. The van der Waals surface area contributed by atoms with Crippen molar-refractivity contribution in [3.63, 3.8) is 0 Å². The average Bonchev–Trinajstić information content (AvgIpc) is 2.46. The Morgan fingerprint density at radius 1 is 1.45 bits per heavy atom. The highest BCUT2D eigenvalue weighted by atomic mass is 16.3. The molecule has 110 valence electrons. The minimum absolute atomic E-state index is 0.0649. The van der Waals surface area contributed by atoms with Gasteiger partial charge >= 0.3 is 0 Å². The number of aliphatic hydroxyl groups excluding tert-OH is 1. The fourth-order valence-corrected chi connectivity index (χ4v) is 2.75. The third-order valence-electron chi connectivity index (χ3n) is 4.13. The van der Waals surface area contributed by atoms with Gasteiger partial charge in [0.1, 0.15) is 0 Å². The second-order valence-corrected chi connectivity index (χ2v) is 5.54. The molecule has 1 saturated heterocycles. The number of aliphatic hydroxyl groups is 1. The van der Waals surface area contributed by atoms with Gasteiger partial charge in [-0.2, -0.15) is 0 Å². The molecule has 0 aromatic heterocycles. The predicted molar refractivity (Wildman–Crippen MR) is 79.3 cm³/mol. The van der Waals surface area contributed by atoms with Gasteiger partial charge in [0.2, 0.25) is 0 Å². The minimum atomic E-state index is -0.288. The number of hydrazine groups is 1. The Labute approximate surface area is 119 Å². The van der Waals surface area contributed by atoms with Gasteiger partial charge in [0.25, 0.3) is 5.91 Å². The summed E-state index contributed by atoms with van der Waals surface area (Å²) in [6.45, 7) is 5.16. The molecule has 1 unspecified atom stereocenters. The lowest BCUT2D eigenvalue weighted by Gasteiger charge is -2.33. The number of anilines is 1. The lowest BCUT2D eigenvalue weighted by Crippen LogP contribution is -2.41. The largest absolute Gasteiger partial charge is 0.393 e. The standard InChI is InChI=1S/C15H23N3O2/c1-10-9-13(17-16)3-4-14(10)15(20)18-7-5-12(6-8-18)11(2)19/h3-4,9,11-12,17,19H,5-8,16H2,1-2H3. The smallest absolute Gasteiger partial charge is 0.254 e. The van der Waals surface area contributed by atoms with Crippen molar-refractivity contribution in [2.75, 3.05) is 18.5 Å². The first kappa shape index (κ1) is 14.8. The van der Waals surface area contributed by atoms with E-state index in [2.05, 4.69) is 5.43 Å². The predicted octanol–water partition coefficient (Wildman–Crippen LogP) is 1.51. The van der Waals surface area contributed by atoms with E-state index in [1.54, 1.807) is 0 Å². The van der Waals surface area contributed by atoms with Crippen LogP contribution in [-0.2, 0) is 0 Å². The summed E-state index contributed by atoms with van der Waals surface area (Å²) in [5.41, 5.74) is 5.02. The van der Waals surface area contributed by atoms with Crippen LogP contribution in [0.4, 0.5) is 5.69 Å². The molecule has 1 amide bonds. The van der Waals surface area contributed by atoms with Gasteiger partial charge in [-0.3, -0.25) is 10.6 Å². The van der Waals surface area contributed by atoms with Crippen molar-refractivity contribution in [3.05, 3.63) is 29.3 Å². The highest BCUT2D eigenvalue weighted by molar-refractivity contribution is 5.96. The topological polar surface area (TPSA) is 78.6 Å². The number of nitrogens with one attached hydrogen (secondary N) is 1. The summed E-state index contributed by atoms with van der Waals surface area (Å²) in [5.74, 6) is 5.74. The molecular weight excluding hydrogens is 254 g/mol. The summed E-state index contributed by atoms with van der Waals surface area (Å²) >= 11 is 0. The third kappa shape index (κ3) is 3.11. The van der Waals surface area contributed by atoms with Crippen molar-refractivity contribution in [1.82, 2.24) is 4.90 Å². The van der Waals surface area contributed by atoms with Gasteiger partial charge in [-0.1, -0.05) is 0 Å². The van der Waals surface area contributed by atoms with E-state index in [-0.39, 0.29) is 12.0 Å². The van der Waals surface area contributed by atoms with Crippen LogP contribution < -0.4 is 11.3 Å².